The van der Waals surface area contributed by atoms with Crippen LogP contribution in [-0.2, 0) is 0 Å². The molecule has 3 heterocycles. The van der Waals surface area contributed by atoms with Gasteiger partial charge in [-0.05, 0) is 48.5 Å². The fourth-order valence-corrected chi connectivity index (χ4v) is 3.93. The van der Waals surface area contributed by atoms with Gasteiger partial charge in [0.25, 0.3) is 11.5 Å². The van der Waals surface area contributed by atoms with Crippen molar-refractivity contribution in [2.75, 3.05) is 5.32 Å². The Morgan fingerprint density at radius 1 is 1.00 bits per heavy atom. The first kappa shape index (κ1) is 18.8. The fourth-order valence-electron chi connectivity index (χ4n) is 3.04. The Hall–Kier alpha value is -4.17. The number of hydrogen-bond donors (Lipinski definition) is 2. The predicted molar refractivity (Wildman–Crippen MR) is 119 cm³/mol. The lowest BCUT2D eigenvalue weighted by molar-refractivity contribution is 0.102. The molecular formula is C23H15N3O4S. The average Bonchev–Trinajstić information content (AvgIpc) is 3.44. The maximum absolute atomic E-state index is 12.6. The minimum absolute atomic E-state index is 0.0114. The first-order chi connectivity index (χ1) is 15.2. The monoisotopic (exact) mass is 429 g/mol. The largest absolute Gasteiger partial charge is 0.463 e. The van der Waals surface area contributed by atoms with E-state index in [9.17, 15) is 9.59 Å². The number of fused-ring (bicyclic) bond motifs is 1. The third-order valence-electron chi connectivity index (χ3n) is 4.50. The number of carbonyl (C=O) groups excluding carboxylic acids is 1. The number of nitrogens with zero attached hydrogens (tertiary/aromatic N) is 1. The van der Waals surface area contributed by atoms with Crippen LogP contribution in [-0.4, -0.2) is 15.9 Å². The summed E-state index contributed by atoms with van der Waals surface area (Å²) in [5.74, 6) is 1.39. The molecule has 7 nitrogen and oxygen atoms in total. The van der Waals surface area contributed by atoms with Crippen LogP contribution in [0.25, 0.3) is 21.7 Å². The second-order valence-corrected chi connectivity index (χ2v) is 7.64. The SMILES string of the molecule is O=C(Nc1nc2ccc(Oc3ccccc3)cc2s1)c1ccc(-c2ccco2)[nH]c1=O. The number of amides is 1. The zero-order chi connectivity index (χ0) is 21.2. The molecule has 0 aliphatic rings. The quantitative estimate of drug-likeness (QED) is 0.396. The van der Waals surface area contributed by atoms with Gasteiger partial charge in [0, 0.05) is 6.07 Å². The topological polar surface area (TPSA) is 97.2 Å². The van der Waals surface area contributed by atoms with Crippen molar-refractivity contribution in [1.29, 1.82) is 0 Å². The van der Waals surface area contributed by atoms with Gasteiger partial charge in [0.05, 0.1) is 22.2 Å². The van der Waals surface area contributed by atoms with Crippen LogP contribution in [0, 0.1) is 0 Å². The number of H-pyrrole nitrogens is 1. The Bertz CT molecular complexity index is 1420. The van der Waals surface area contributed by atoms with Crippen LogP contribution < -0.4 is 15.6 Å². The molecule has 152 valence electrons. The summed E-state index contributed by atoms with van der Waals surface area (Å²) in [5.41, 5.74) is 0.703. The second-order valence-electron chi connectivity index (χ2n) is 6.61. The van der Waals surface area contributed by atoms with Gasteiger partial charge in [0.2, 0.25) is 0 Å². The van der Waals surface area contributed by atoms with E-state index >= 15 is 0 Å². The van der Waals surface area contributed by atoms with E-state index in [4.69, 9.17) is 9.15 Å². The van der Waals surface area contributed by atoms with Crippen LogP contribution in [0.15, 0.2) is 88.3 Å². The van der Waals surface area contributed by atoms with Crippen LogP contribution in [0.1, 0.15) is 10.4 Å². The predicted octanol–water partition coefficient (Wildman–Crippen LogP) is 5.29. The summed E-state index contributed by atoms with van der Waals surface area (Å²) in [7, 11) is 0. The normalized spacial score (nSPS) is 10.8. The Morgan fingerprint density at radius 3 is 2.65 bits per heavy atom. The molecule has 0 bridgehead atoms. The minimum Gasteiger partial charge on any atom is -0.463 e. The van der Waals surface area contributed by atoms with Gasteiger partial charge in [0.1, 0.15) is 22.8 Å². The maximum Gasteiger partial charge on any atom is 0.263 e. The molecule has 5 aromatic rings. The van der Waals surface area contributed by atoms with Gasteiger partial charge in [0.15, 0.2) is 5.13 Å². The van der Waals surface area contributed by atoms with Gasteiger partial charge in [-0.15, -0.1) is 0 Å². The highest BCUT2D eigenvalue weighted by molar-refractivity contribution is 7.22. The highest BCUT2D eigenvalue weighted by Crippen LogP contribution is 2.31. The van der Waals surface area contributed by atoms with Crippen LogP contribution >= 0.6 is 11.3 Å². The summed E-state index contributed by atoms with van der Waals surface area (Å²) < 4.78 is 12.0. The van der Waals surface area contributed by atoms with Gasteiger partial charge in [-0.1, -0.05) is 29.5 Å². The highest BCUT2D eigenvalue weighted by Gasteiger charge is 2.15. The second kappa shape index (κ2) is 7.92. The summed E-state index contributed by atoms with van der Waals surface area (Å²) in [6, 6.07) is 21.5. The van der Waals surface area contributed by atoms with E-state index in [0.29, 0.717) is 22.3 Å². The molecular weight excluding hydrogens is 414 g/mol. The number of anilines is 1. The summed E-state index contributed by atoms with van der Waals surface area (Å²) >= 11 is 1.30. The number of thiazole rings is 1. The summed E-state index contributed by atoms with van der Waals surface area (Å²) in [4.78, 5) is 32.0. The molecule has 0 unspecified atom stereocenters. The Labute approximate surface area is 180 Å². The molecule has 8 heteroatoms. The molecule has 0 saturated heterocycles. The number of benzene rings is 2. The fraction of sp³-hybridized carbons (Fsp3) is 0. The molecule has 2 N–H and O–H groups in total. The third-order valence-corrected chi connectivity index (χ3v) is 5.43. The van der Waals surface area contributed by atoms with Crippen LogP contribution in [0.4, 0.5) is 5.13 Å². The molecule has 0 spiro atoms. The Morgan fingerprint density at radius 2 is 1.87 bits per heavy atom. The van der Waals surface area contributed by atoms with Crippen molar-refractivity contribution in [3.63, 3.8) is 0 Å². The first-order valence-corrected chi connectivity index (χ1v) is 10.2. The molecule has 0 radical (unpaired) electrons. The standard InChI is InChI=1S/C23H15N3O4S/c27-21-16(9-11-17(24-21)19-7-4-12-29-19)22(28)26-23-25-18-10-8-15(13-20(18)31-23)30-14-5-2-1-3-6-14/h1-13H,(H,24,27)(H,25,26,28). The zero-order valence-corrected chi connectivity index (χ0v) is 16.8. The van der Waals surface area contributed by atoms with Gasteiger partial charge >= 0.3 is 0 Å². The van der Waals surface area contributed by atoms with Crippen molar-refractivity contribution in [3.05, 3.63) is 95.0 Å². The number of ether oxygens (including phenoxy) is 1. The van der Waals surface area contributed by atoms with E-state index in [-0.39, 0.29) is 5.56 Å². The highest BCUT2D eigenvalue weighted by atomic mass is 32.1. The van der Waals surface area contributed by atoms with E-state index < -0.39 is 11.5 Å². The molecule has 0 atom stereocenters. The van der Waals surface area contributed by atoms with Crippen molar-refractivity contribution in [1.82, 2.24) is 9.97 Å². The summed E-state index contributed by atoms with van der Waals surface area (Å²) in [5, 5.41) is 3.09. The molecule has 2 aromatic carbocycles. The number of furan rings is 1. The number of pyridine rings is 1. The van der Waals surface area contributed by atoms with Crippen molar-refractivity contribution in [3.8, 4) is 23.0 Å². The number of carbonyl (C=O) groups is 1. The Kier molecular flexibility index (Phi) is 4.81. The van der Waals surface area contributed by atoms with E-state index in [1.807, 2.05) is 48.5 Å². The van der Waals surface area contributed by atoms with Gasteiger partial charge < -0.3 is 14.1 Å². The van der Waals surface area contributed by atoms with Crippen LogP contribution in [0.2, 0.25) is 0 Å². The van der Waals surface area contributed by atoms with Crippen molar-refractivity contribution >= 4 is 32.6 Å². The first-order valence-electron chi connectivity index (χ1n) is 9.38. The molecule has 0 aliphatic carbocycles. The lowest BCUT2D eigenvalue weighted by Crippen LogP contribution is -2.23. The lowest BCUT2D eigenvalue weighted by Gasteiger charge is -2.04. The van der Waals surface area contributed by atoms with Gasteiger partial charge in [-0.3, -0.25) is 14.9 Å². The van der Waals surface area contributed by atoms with Crippen molar-refractivity contribution in [2.45, 2.75) is 0 Å². The molecule has 31 heavy (non-hydrogen) atoms. The van der Waals surface area contributed by atoms with Gasteiger partial charge in [-0.25, -0.2) is 4.98 Å². The molecule has 0 fully saturated rings. The summed E-state index contributed by atoms with van der Waals surface area (Å²) in [6.07, 6.45) is 1.51. The van der Waals surface area contributed by atoms with Gasteiger partial charge in [-0.2, -0.15) is 0 Å². The van der Waals surface area contributed by atoms with E-state index in [2.05, 4.69) is 15.3 Å². The smallest absolute Gasteiger partial charge is 0.263 e. The van der Waals surface area contributed by atoms with E-state index in [0.717, 1.165) is 16.0 Å². The number of nitrogens with one attached hydrogen (secondary N) is 2. The van der Waals surface area contributed by atoms with E-state index in [1.165, 1.54) is 23.7 Å². The molecule has 3 aromatic heterocycles. The van der Waals surface area contributed by atoms with Crippen molar-refractivity contribution < 1.29 is 13.9 Å². The maximum atomic E-state index is 12.6. The zero-order valence-electron chi connectivity index (χ0n) is 16.0. The number of hydrogen-bond acceptors (Lipinski definition) is 6. The minimum atomic E-state index is -0.535. The average molecular weight is 429 g/mol. The number of para-hydroxylation sites is 1. The number of rotatable bonds is 5. The molecule has 0 aliphatic heterocycles. The van der Waals surface area contributed by atoms with Crippen LogP contribution in [0.5, 0.6) is 11.5 Å². The Balaban J connectivity index is 1.35. The van der Waals surface area contributed by atoms with Crippen molar-refractivity contribution in [2.24, 2.45) is 0 Å². The lowest BCUT2D eigenvalue weighted by atomic mass is 10.2. The number of aromatic nitrogens is 2. The van der Waals surface area contributed by atoms with Crippen LogP contribution in [0.3, 0.4) is 0 Å². The molecule has 1 amide bonds. The van der Waals surface area contributed by atoms with E-state index in [1.54, 1.807) is 18.2 Å². The third kappa shape index (κ3) is 3.96. The number of aromatic amines is 1. The summed E-state index contributed by atoms with van der Waals surface area (Å²) in [6.45, 7) is 0. The molecule has 0 saturated carbocycles. The molecule has 5 rings (SSSR count).